The van der Waals surface area contributed by atoms with Crippen molar-refractivity contribution in [2.75, 3.05) is 11.8 Å². The summed E-state index contributed by atoms with van der Waals surface area (Å²) < 4.78 is 27.7. The zero-order valence-electron chi connectivity index (χ0n) is 10.7. The Morgan fingerprint density at radius 3 is 2.57 bits per heavy atom. The minimum atomic E-state index is -3.69. The number of carbonyl (C=O) groups excluding carboxylic acids is 1. The van der Waals surface area contributed by atoms with Crippen LogP contribution in [0, 0.1) is 0 Å². The molecule has 0 atom stereocenters. The Kier molecular flexibility index (Phi) is 4.92. The van der Waals surface area contributed by atoms with Crippen LogP contribution in [0.1, 0.15) is 10.4 Å². The van der Waals surface area contributed by atoms with Gasteiger partial charge in [0, 0.05) is 12.7 Å². The Labute approximate surface area is 139 Å². The molecule has 0 aliphatic heterocycles. The summed E-state index contributed by atoms with van der Waals surface area (Å²) in [6.45, 7) is 0. The van der Waals surface area contributed by atoms with Crippen LogP contribution >= 0.6 is 38.9 Å². The Balaban J connectivity index is 2.34. The molecular formula is C12H10BrClN2O3S2. The van der Waals surface area contributed by atoms with Gasteiger partial charge in [-0.05, 0) is 46.3 Å². The average Bonchev–Trinajstić information content (AvgIpc) is 2.87. The standard InChI is InChI=1S/C12H10BrClN2O3S2/c1-15-12(17)8-6-7(2-3-9(8)14)16-21(18,19)11-5-4-10(13)20-11/h2-6,16H,1H3,(H,15,17). The van der Waals surface area contributed by atoms with Crippen LogP contribution in [-0.2, 0) is 10.0 Å². The Morgan fingerprint density at radius 2 is 2.00 bits per heavy atom. The van der Waals surface area contributed by atoms with Gasteiger partial charge in [-0.2, -0.15) is 0 Å². The molecular weight excluding hydrogens is 400 g/mol. The molecule has 2 N–H and O–H groups in total. The molecule has 112 valence electrons. The number of halogens is 2. The molecule has 2 rings (SSSR count). The fourth-order valence-corrected chi connectivity index (χ4v) is 4.81. The van der Waals surface area contributed by atoms with Gasteiger partial charge in [-0.3, -0.25) is 9.52 Å². The van der Waals surface area contributed by atoms with Gasteiger partial charge in [-0.25, -0.2) is 8.42 Å². The van der Waals surface area contributed by atoms with E-state index in [1.54, 1.807) is 6.07 Å². The van der Waals surface area contributed by atoms with Gasteiger partial charge in [0.1, 0.15) is 4.21 Å². The summed E-state index contributed by atoms with van der Waals surface area (Å²) in [6, 6.07) is 7.49. The molecule has 0 radical (unpaired) electrons. The number of thiophene rings is 1. The van der Waals surface area contributed by atoms with Gasteiger partial charge in [0.15, 0.2) is 0 Å². The van der Waals surface area contributed by atoms with Crippen LogP contribution in [-0.4, -0.2) is 21.4 Å². The van der Waals surface area contributed by atoms with E-state index in [4.69, 9.17) is 11.6 Å². The van der Waals surface area contributed by atoms with Crippen molar-refractivity contribution in [1.29, 1.82) is 0 Å². The maximum Gasteiger partial charge on any atom is 0.271 e. The number of anilines is 1. The van der Waals surface area contributed by atoms with Crippen LogP contribution in [0.4, 0.5) is 5.69 Å². The number of benzene rings is 1. The number of nitrogens with one attached hydrogen (secondary N) is 2. The number of amides is 1. The molecule has 1 amide bonds. The lowest BCUT2D eigenvalue weighted by Crippen LogP contribution is -2.19. The lowest BCUT2D eigenvalue weighted by molar-refractivity contribution is 0.0963. The summed E-state index contributed by atoms with van der Waals surface area (Å²) in [5, 5.41) is 2.69. The Hall–Kier alpha value is -1.09. The zero-order valence-corrected chi connectivity index (χ0v) is 14.7. The van der Waals surface area contributed by atoms with Crippen molar-refractivity contribution in [3.8, 4) is 0 Å². The molecule has 2 aromatic rings. The fourth-order valence-electron chi connectivity index (χ4n) is 1.55. The van der Waals surface area contributed by atoms with Gasteiger partial charge in [0.2, 0.25) is 0 Å². The second-order valence-electron chi connectivity index (χ2n) is 3.94. The third-order valence-electron chi connectivity index (χ3n) is 2.50. The third-order valence-corrected chi connectivity index (χ3v) is 6.33. The van der Waals surface area contributed by atoms with Crippen molar-refractivity contribution in [3.05, 3.63) is 44.7 Å². The van der Waals surface area contributed by atoms with Crippen LogP contribution in [0.2, 0.25) is 5.02 Å². The molecule has 0 aliphatic carbocycles. The normalized spacial score (nSPS) is 11.2. The van der Waals surface area contributed by atoms with E-state index in [0.717, 1.165) is 11.3 Å². The molecule has 0 saturated heterocycles. The van der Waals surface area contributed by atoms with Gasteiger partial charge in [-0.1, -0.05) is 11.6 Å². The van der Waals surface area contributed by atoms with Crippen molar-refractivity contribution in [1.82, 2.24) is 5.32 Å². The first-order chi connectivity index (χ1) is 9.83. The summed E-state index contributed by atoms with van der Waals surface area (Å²) in [7, 11) is -2.22. The van der Waals surface area contributed by atoms with E-state index < -0.39 is 10.0 Å². The predicted octanol–water partition coefficient (Wildman–Crippen LogP) is 3.32. The van der Waals surface area contributed by atoms with Crippen molar-refractivity contribution in [2.45, 2.75) is 4.21 Å². The van der Waals surface area contributed by atoms with Crippen LogP contribution < -0.4 is 10.0 Å². The maximum absolute atomic E-state index is 12.2. The molecule has 9 heteroatoms. The highest BCUT2D eigenvalue weighted by atomic mass is 79.9. The first-order valence-electron chi connectivity index (χ1n) is 5.63. The lowest BCUT2D eigenvalue weighted by atomic mass is 10.2. The number of hydrogen-bond acceptors (Lipinski definition) is 4. The molecule has 1 aromatic carbocycles. The zero-order chi connectivity index (χ0) is 15.6. The summed E-state index contributed by atoms with van der Waals surface area (Å²) in [4.78, 5) is 11.6. The molecule has 0 aliphatic rings. The van der Waals surface area contributed by atoms with Crippen molar-refractivity contribution >= 4 is 60.5 Å². The molecule has 0 bridgehead atoms. The number of rotatable bonds is 4. The average molecular weight is 410 g/mol. The van der Waals surface area contributed by atoms with Crippen LogP contribution in [0.25, 0.3) is 0 Å². The van der Waals surface area contributed by atoms with Gasteiger partial charge < -0.3 is 5.32 Å². The predicted molar refractivity (Wildman–Crippen MR) is 87.7 cm³/mol. The summed E-state index contributed by atoms with van der Waals surface area (Å²) >= 11 is 10.2. The molecule has 0 saturated carbocycles. The van der Waals surface area contributed by atoms with Crippen LogP contribution in [0.15, 0.2) is 38.3 Å². The monoisotopic (exact) mass is 408 g/mol. The Morgan fingerprint density at radius 1 is 1.29 bits per heavy atom. The Bertz CT molecular complexity index is 790. The van der Waals surface area contributed by atoms with Gasteiger partial charge in [0.25, 0.3) is 15.9 Å². The molecule has 21 heavy (non-hydrogen) atoms. The van der Waals surface area contributed by atoms with E-state index in [1.807, 2.05) is 0 Å². The minimum absolute atomic E-state index is 0.172. The SMILES string of the molecule is CNC(=O)c1cc(NS(=O)(=O)c2ccc(Br)s2)ccc1Cl. The smallest absolute Gasteiger partial charge is 0.271 e. The van der Waals surface area contributed by atoms with E-state index >= 15 is 0 Å². The highest BCUT2D eigenvalue weighted by Gasteiger charge is 2.18. The van der Waals surface area contributed by atoms with E-state index in [0.29, 0.717) is 3.79 Å². The maximum atomic E-state index is 12.2. The fraction of sp³-hybridized carbons (Fsp3) is 0.0833. The summed E-state index contributed by atoms with van der Waals surface area (Å²) in [6.07, 6.45) is 0. The second-order valence-corrected chi connectivity index (χ2v) is 8.72. The molecule has 0 fully saturated rings. The van der Waals surface area contributed by atoms with Crippen molar-refractivity contribution < 1.29 is 13.2 Å². The van der Waals surface area contributed by atoms with Crippen LogP contribution in [0.5, 0.6) is 0 Å². The molecule has 0 unspecified atom stereocenters. The lowest BCUT2D eigenvalue weighted by Gasteiger charge is -2.09. The first-order valence-corrected chi connectivity index (χ1v) is 9.10. The van der Waals surface area contributed by atoms with E-state index in [-0.39, 0.29) is 26.4 Å². The third kappa shape index (κ3) is 3.76. The molecule has 1 heterocycles. The minimum Gasteiger partial charge on any atom is -0.355 e. The largest absolute Gasteiger partial charge is 0.355 e. The van der Waals surface area contributed by atoms with Gasteiger partial charge in [-0.15, -0.1) is 11.3 Å². The number of hydrogen-bond donors (Lipinski definition) is 2. The summed E-state index contributed by atoms with van der Waals surface area (Å²) in [5.74, 6) is -0.389. The first kappa shape index (κ1) is 16.3. The van der Waals surface area contributed by atoms with E-state index in [1.165, 1.54) is 31.3 Å². The molecule has 0 spiro atoms. The highest BCUT2D eigenvalue weighted by Crippen LogP contribution is 2.28. The quantitative estimate of drug-likeness (QED) is 0.813. The van der Waals surface area contributed by atoms with Crippen molar-refractivity contribution in [2.24, 2.45) is 0 Å². The van der Waals surface area contributed by atoms with Crippen molar-refractivity contribution in [3.63, 3.8) is 0 Å². The molecule has 5 nitrogen and oxygen atoms in total. The summed E-state index contributed by atoms with van der Waals surface area (Å²) in [5.41, 5.74) is 0.467. The second kappa shape index (κ2) is 6.35. The number of sulfonamides is 1. The van der Waals surface area contributed by atoms with E-state index in [9.17, 15) is 13.2 Å². The van der Waals surface area contributed by atoms with Gasteiger partial charge in [0.05, 0.1) is 14.4 Å². The number of carbonyl (C=O) groups is 1. The molecule has 1 aromatic heterocycles. The van der Waals surface area contributed by atoms with Gasteiger partial charge >= 0.3 is 0 Å². The van der Waals surface area contributed by atoms with E-state index in [2.05, 4.69) is 26.0 Å². The highest BCUT2D eigenvalue weighted by molar-refractivity contribution is 9.11. The topological polar surface area (TPSA) is 75.3 Å². The van der Waals surface area contributed by atoms with Crippen LogP contribution in [0.3, 0.4) is 0 Å².